The molecular weight excluding hydrogens is 312 g/mol. The van der Waals surface area contributed by atoms with Gasteiger partial charge in [-0.2, -0.15) is 0 Å². The molecule has 1 aliphatic heterocycles. The van der Waals surface area contributed by atoms with Crippen LogP contribution in [0.4, 0.5) is 0 Å². The maximum atomic E-state index is 10.5. The lowest BCUT2D eigenvalue weighted by Gasteiger charge is -2.35. The van der Waals surface area contributed by atoms with Crippen LogP contribution in [0.5, 0.6) is 5.75 Å². The zero-order chi connectivity index (χ0) is 17.6. The molecule has 4 heteroatoms. The summed E-state index contributed by atoms with van der Waals surface area (Å²) in [6.45, 7) is 5.19. The molecule has 0 saturated carbocycles. The fourth-order valence-electron chi connectivity index (χ4n) is 3.52. The number of likely N-dealkylation sites (tertiary alicyclic amines) is 1. The van der Waals surface area contributed by atoms with Gasteiger partial charge in [0.1, 0.15) is 5.75 Å². The molecule has 0 amide bonds. The summed E-state index contributed by atoms with van der Waals surface area (Å²) in [6, 6.07) is 17.8. The molecule has 1 aliphatic rings. The Labute approximate surface area is 150 Å². The average molecular weight is 340 g/mol. The van der Waals surface area contributed by atoms with Gasteiger partial charge in [0.2, 0.25) is 0 Å². The second-order valence-corrected chi connectivity index (χ2v) is 7.03. The van der Waals surface area contributed by atoms with Gasteiger partial charge < -0.3 is 15.5 Å². The molecule has 3 N–H and O–H groups in total. The summed E-state index contributed by atoms with van der Waals surface area (Å²) < 4.78 is 0. The molecule has 2 aromatic rings. The molecule has 1 heterocycles. The van der Waals surface area contributed by atoms with Crippen molar-refractivity contribution in [1.82, 2.24) is 10.2 Å². The molecule has 25 heavy (non-hydrogen) atoms. The number of phenolic OH excluding ortho intramolecular Hbond substituents is 1. The van der Waals surface area contributed by atoms with Crippen LogP contribution in [0.15, 0.2) is 54.6 Å². The third kappa shape index (κ3) is 5.05. The molecule has 134 valence electrons. The topological polar surface area (TPSA) is 55.7 Å². The Morgan fingerprint density at radius 3 is 2.32 bits per heavy atom. The Morgan fingerprint density at radius 1 is 1.04 bits per heavy atom. The number of benzene rings is 2. The van der Waals surface area contributed by atoms with Crippen molar-refractivity contribution in [3.05, 3.63) is 65.7 Å². The minimum absolute atomic E-state index is 0.0183. The van der Waals surface area contributed by atoms with Crippen molar-refractivity contribution in [3.63, 3.8) is 0 Å². The van der Waals surface area contributed by atoms with Crippen LogP contribution in [0.25, 0.3) is 0 Å². The molecular formula is C21H28N2O2. The van der Waals surface area contributed by atoms with Crippen molar-refractivity contribution in [1.29, 1.82) is 0 Å². The number of phenols is 1. The number of hydrogen-bond acceptors (Lipinski definition) is 4. The van der Waals surface area contributed by atoms with Gasteiger partial charge in [0.15, 0.2) is 0 Å². The van der Waals surface area contributed by atoms with Gasteiger partial charge >= 0.3 is 0 Å². The molecule has 0 aromatic heterocycles. The quantitative estimate of drug-likeness (QED) is 0.756. The van der Waals surface area contributed by atoms with Gasteiger partial charge in [0.25, 0.3) is 0 Å². The van der Waals surface area contributed by atoms with Gasteiger partial charge in [0, 0.05) is 18.6 Å². The second kappa shape index (κ2) is 8.48. The molecule has 0 unspecified atom stereocenters. The number of aromatic hydroxyl groups is 1. The van der Waals surface area contributed by atoms with E-state index in [2.05, 4.69) is 40.5 Å². The van der Waals surface area contributed by atoms with E-state index in [1.165, 1.54) is 5.56 Å². The van der Waals surface area contributed by atoms with Gasteiger partial charge in [-0.15, -0.1) is 0 Å². The van der Waals surface area contributed by atoms with Gasteiger partial charge in [-0.1, -0.05) is 42.5 Å². The van der Waals surface area contributed by atoms with E-state index in [1.54, 1.807) is 24.3 Å². The normalized spacial score (nSPS) is 18.8. The van der Waals surface area contributed by atoms with E-state index in [0.29, 0.717) is 6.04 Å². The lowest BCUT2D eigenvalue weighted by Crippen LogP contribution is -2.46. The van der Waals surface area contributed by atoms with Gasteiger partial charge in [-0.05, 0) is 56.1 Å². The van der Waals surface area contributed by atoms with E-state index in [4.69, 9.17) is 0 Å². The molecule has 0 spiro atoms. The van der Waals surface area contributed by atoms with E-state index in [-0.39, 0.29) is 11.8 Å². The Morgan fingerprint density at radius 2 is 1.68 bits per heavy atom. The third-order valence-electron chi connectivity index (χ3n) is 5.04. The van der Waals surface area contributed by atoms with Gasteiger partial charge in [-0.25, -0.2) is 0 Å². The largest absolute Gasteiger partial charge is 0.508 e. The highest BCUT2D eigenvalue weighted by Crippen LogP contribution is 2.21. The smallest absolute Gasteiger partial charge is 0.115 e. The summed E-state index contributed by atoms with van der Waals surface area (Å²) in [5, 5.41) is 23.4. The molecule has 1 fully saturated rings. The Kier molecular flexibility index (Phi) is 6.08. The number of nitrogens with zero attached hydrogens (tertiary/aromatic N) is 1. The molecule has 2 aromatic carbocycles. The number of aliphatic hydroxyl groups excluding tert-OH is 1. The molecule has 2 atom stereocenters. The first-order valence-corrected chi connectivity index (χ1v) is 9.11. The minimum Gasteiger partial charge on any atom is -0.508 e. The fraction of sp³-hybridized carbons (Fsp3) is 0.429. The molecule has 0 aliphatic carbocycles. The maximum absolute atomic E-state index is 10.5. The minimum atomic E-state index is -0.567. The van der Waals surface area contributed by atoms with Crippen LogP contribution in [0.3, 0.4) is 0 Å². The van der Waals surface area contributed by atoms with Crippen molar-refractivity contribution in [2.24, 2.45) is 0 Å². The molecule has 1 saturated heterocycles. The summed E-state index contributed by atoms with van der Waals surface area (Å²) in [6.07, 6.45) is 1.63. The average Bonchev–Trinajstić information content (AvgIpc) is 2.64. The van der Waals surface area contributed by atoms with Crippen molar-refractivity contribution in [3.8, 4) is 5.75 Å². The number of hydrogen-bond donors (Lipinski definition) is 3. The Bertz CT molecular complexity index is 637. The third-order valence-corrected chi connectivity index (χ3v) is 5.04. The first-order valence-electron chi connectivity index (χ1n) is 9.11. The van der Waals surface area contributed by atoms with Crippen LogP contribution in [0, 0.1) is 0 Å². The summed E-state index contributed by atoms with van der Waals surface area (Å²) in [4.78, 5) is 2.49. The first-order chi connectivity index (χ1) is 12.1. The summed E-state index contributed by atoms with van der Waals surface area (Å²) in [5.74, 6) is 0.224. The number of piperidine rings is 1. The number of rotatable bonds is 6. The molecule has 0 radical (unpaired) electrons. The van der Waals surface area contributed by atoms with Crippen LogP contribution in [0.2, 0.25) is 0 Å². The first kappa shape index (κ1) is 17.9. The second-order valence-electron chi connectivity index (χ2n) is 7.03. The lowest BCUT2D eigenvalue weighted by molar-refractivity contribution is 0.114. The van der Waals surface area contributed by atoms with E-state index in [0.717, 1.165) is 38.0 Å². The standard InChI is InChI=1S/C21H28N2O2/c1-16(21(25)18-7-9-20(24)10-8-18)22-19-11-13-23(14-12-19)15-17-5-3-2-4-6-17/h2-10,16,19,21-22,24-25H,11-15H2,1H3/t16-,21-/m0/s1. The highest BCUT2D eigenvalue weighted by atomic mass is 16.3. The van der Waals surface area contributed by atoms with Gasteiger partial charge in [0.05, 0.1) is 6.10 Å². The zero-order valence-electron chi connectivity index (χ0n) is 14.8. The zero-order valence-corrected chi connectivity index (χ0v) is 14.8. The molecule has 0 bridgehead atoms. The predicted octanol–water partition coefficient (Wildman–Crippen LogP) is 3.07. The van der Waals surface area contributed by atoms with Crippen molar-refractivity contribution >= 4 is 0 Å². The van der Waals surface area contributed by atoms with Crippen LogP contribution >= 0.6 is 0 Å². The summed E-state index contributed by atoms with van der Waals surface area (Å²) in [7, 11) is 0. The lowest BCUT2D eigenvalue weighted by atomic mass is 9.99. The maximum Gasteiger partial charge on any atom is 0.115 e. The fourth-order valence-corrected chi connectivity index (χ4v) is 3.52. The van der Waals surface area contributed by atoms with Crippen LogP contribution in [-0.2, 0) is 6.54 Å². The highest BCUT2D eigenvalue weighted by Gasteiger charge is 2.23. The monoisotopic (exact) mass is 340 g/mol. The van der Waals surface area contributed by atoms with Crippen LogP contribution in [0.1, 0.15) is 37.0 Å². The predicted molar refractivity (Wildman–Crippen MR) is 100 cm³/mol. The Hall–Kier alpha value is -1.88. The highest BCUT2D eigenvalue weighted by molar-refractivity contribution is 5.27. The molecule has 4 nitrogen and oxygen atoms in total. The molecule has 3 rings (SSSR count). The van der Waals surface area contributed by atoms with Gasteiger partial charge in [-0.3, -0.25) is 4.90 Å². The van der Waals surface area contributed by atoms with E-state index >= 15 is 0 Å². The van der Waals surface area contributed by atoms with E-state index in [9.17, 15) is 10.2 Å². The Balaban J connectivity index is 1.46. The van der Waals surface area contributed by atoms with Crippen LogP contribution < -0.4 is 5.32 Å². The van der Waals surface area contributed by atoms with Crippen molar-refractivity contribution < 1.29 is 10.2 Å². The number of nitrogens with one attached hydrogen (secondary N) is 1. The SMILES string of the molecule is C[C@H](NC1CCN(Cc2ccccc2)CC1)[C@H](O)c1ccc(O)cc1. The van der Waals surface area contributed by atoms with E-state index in [1.807, 2.05) is 6.92 Å². The number of aliphatic hydroxyl groups is 1. The van der Waals surface area contributed by atoms with Crippen LogP contribution in [-0.4, -0.2) is 40.3 Å². The summed E-state index contributed by atoms with van der Waals surface area (Å²) in [5.41, 5.74) is 2.20. The summed E-state index contributed by atoms with van der Waals surface area (Å²) >= 11 is 0. The van der Waals surface area contributed by atoms with E-state index < -0.39 is 6.10 Å². The van der Waals surface area contributed by atoms with Crippen molar-refractivity contribution in [2.75, 3.05) is 13.1 Å². The van der Waals surface area contributed by atoms with Crippen molar-refractivity contribution in [2.45, 2.75) is 44.5 Å².